The lowest BCUT2D eigenvalue weighted by molar-refractivity contribution is 0.0769. The van der Waals surface area contributed by atoms with E-state index in [4.69, 9.17) is 20.9 Å². The smallest absolute Gasteiger partial charge is 0.254 e. The van der Waals surface area contributed by atoms with Gasteiger partial charge in [-0.3, -0.25) is 4.79 Å². The summed E-state index contributed by atoms with van der Waals surface area (Å²) in [6.07, 6.45) is 0. The SMILES string of the molecule is CN(Cc1nc(-c2ccccc2Cl)no1)C(=O)c1cccc(OCc2ccccc2)c1. The number of benzene rings is 3. The van der Waals surface area contributed by atoms with Crippen LogP contribution in [0.25, 0.3) is 11.4 Å². The summed E-state index contributed by atoms with van der Waals surface area (Å²) >= 11 is 6.19. The number of amides is 1. The summed E-state index contributed by atoms with van der Waals surface area (Å²) in [5.74, 6) is 1.16. The minimum atomic E-state index is -0.178. The summed E-state index contributed by atoms with van der Waals surface area (Å²) in [5.41, 5.74) is 2.25. The minimum absolute atomic E-state index is 0.172. The number of hydrogen-bond acceptors (Lipinski definition) is 5. The third-order valence-corrected chi connectivity index (χ3v) is 4.96. The second kappa shape index (κ2) is 9.45. The molecule has 6 nitrogen and oxygen atoms in total. The summed E-state index contributed by atoms with van der Waals surface area (Å²) in [6.45, 7) is 0.604. The number of aromatic nitrogens is 2. The standard InChI is InChI=1S/C24H20ClN3O3/c1-28(15-22-26-23(27-31-22)20-12-5-6-13-21(20)25)24(29)18-10-7-11-19(14-18)30-16-17-8-3-2-4-9-17/h2-14H,15-16H2,1H3. The fourth-order valence-electron chi connectivity index (χ4n) is 3.03. The average molecular weight is 434 g/mol. The lowest BCUT2D eigenvalue weighted by Crippen LogP contribution is -2.26. The van der Waals surface area contributed by atoms with Crippen LogP contribution in [-0.4, -0.2) is 28.0 Å². The molecule has 0 saturated carbocycles. The van der Waals surface area contributed by atoms with Crippen LogP contribution in [0.2, 0.25) is 5.02 Å². The Morgan fingerprint density at radius 2 is 1.81 bits per heavy atom. The molecule has 1 amide bonds. The van der Waals surface area contributed by atoms with Crippen LogP contribution in [0, 0.1) is 0 Å². The molecular formula is C24H20ClN3O3. The summed E-state index contributed by atoms with van der Waals surface area (Å²) in [6, 6.07) is 24.2. The van der Waals surface area contributed by atoms with Gasteiger partial charge in [0.25, 0.3) is 5.91 Å². The van der Waals surface area contributed by atoms with E-state index in [2.05, 4.69) is 10.1 Å². The number of ether oxygens (including phenoxy) is 1. The first-order valence-electron chi connectivity index (χ1n) is 9.70. The molecule has 4 rings (SSSR count). The van der Waals surface area contributed by atoms with Crippen LogP contribution in [-0.2, 0) is 13.2 Å². The normalized spacial score (nSPS) is 10.6. The molecule has 0 bridgehead atoms. The van der Waals surface area contributed by atoms with Crippen molar-refractivity contribution in [2.45, 2.75) is 13.2 Å². The molecule has 0 fully saturated rings. The van der Waals surface area contributed by atoms with Gasteiger partial charge in [0.15, 0.2) is 0 Å². The van der Waals surface area contributed by atoms with Crippen molar-refractivity contribution in [1.82, 2.24) is 15.0 Å². The van der Waals surface area contributed by atoms with Crippen LogP contribution in [0.5, 0.6) is 5.75 Å². The molecule has 0 saturated heterocycles. The Kier molecular flexibility index (Phi) is 6.29. The fraction of sp³-hybridized carbons (Fsp3) is 0.125. The Balaban J connectivity index is 1.41. The second-order valence-electron chi connectivity index (χ2n) is 6.95. The van der Waals surface area contributed by atoms with E-state index >= 15 is 0 Å². The maximum absolute atomic E-state index is 12.9. The Bertz CT molecular complexity index is 1180. The maximum Gasteiger partial charge on any atom is 0.254 e. The van der Waals surface area contributed by atoms with E-state index in [-0.39, 0.29) is 12.5 Å². The van der Waals surface area contributed by atoms with Crippen molar-refractivity contribution in [3.05, 3.63) is 101 Å². The van der Waals surface area contributed by atoms with Gasteiger partial charge in [-0.25, -0.2) is 0 Å². The topological polar surface area (TPSA) is 68.5 Å². The number of hydrogen-bond donors (Lipinski definition) is 0. The third-order valence-electron chi connectivity index (χ3n) is 4.63. The first-order chi connectivity index (χ1) is 15.1. The third kappa shape index (κ3) is 5.10. The Labute approximate surface area is 185 Å². The molecule has 0 atom stereocenters. The van der Waals surface area contributed by atoms with Gasteiger partial charge in [-0.15, -0.1) is 0 Å². The lowest BCUT2D eigenvalue weighted by Gasteiger charge is -2.15. The number of carbonyl (C=O) groups excluding carboxylic acids is 1. The predicted octanol–water partition coefficient (Wildman–Crippen LogP) is 5.24. The highest BCUT2D eigenvalue weighted by Crippen LogP contribution is 2.25. The zero-order chi connectivity index (χ0) is 21.6. The molecule has 0 unspecified atom stereocenters. The first-order valence-corrected chi connectivity index (χ1v) is 10.1. The van der Waals surface area contributed by atoms with Crippen molar-refractivity contribution < 1.29 is 14.1 Å². The number of carbonyl (C=O) groups is 1. The van der Waals surface area contributed by atoms with Crippen molar-refractivity contribution in [3.8, 4) is 17.1 Å². The lowest BCUT2D eigenvalue weighted by atomic mass is 10.2. The zero-order valence-corrected chi connectivity index (χ0v) is 17.6. The number of rotatable bonds is 7. The molecule has 156 valence electrons. The molecule has 7 heteroatoms. The molecule has 0 aliphatic carbocycles. The molecule has 3 aromatic carbocycles. The molecule has 4 aromatic rings. The van der Waals surface area contributed by atoms with Gasteiger partial charge in [0.1, 0.15) is 12.4 Å². The predicted molar refractivity (Wildman–Crippen MR) is 118 cm³/mol. The summed E-state index contributed by atoms with van der Waals surface area (Å²) in [4.78, 5) is 18.7. The molecule has 0 aliphatic rings. The average Bonchev–Trinajstić information content (AvgIpc) is 3.26. The molecule has 0 spiro atoms. The van der Waals surface area contributed by atoms with Crippen LogP contribution < -0.4 is 4.74 Å². The quantitative estimate of drug-likeness (QED) is 0.398. The van der Waals surface area contributed by atoms with Crippen molar-refractivity contribution >= 4 is 17.5 Å². The Morgan fingerprint density at radius 3 is 2.61 bits per heavy atom. The monoisotopic (exact) mass is 433 g/mol. The van der Waals surface area contributed by atoms with Crippen molar-refractivity contribution in [2.75, 3.05) is 7.05 Å². The highest BCUT2D eigenvalue weighted by molar-refractivity contribution is 6.33. The molecule has 1 aromatic heterocycles. The number of nitrogens with zero attached hydrogens (tertiary/aromatic N) is 3. The van der Waals surface area contributed by atoms with Gasteiger partial charge in [-0.2, -0.15) is 4.98 Å². The Morgan fingerprint density at radius 1 is 1.03 bits per heavy atom. The van der Waals surface area contributed by atoms with Gasteiger partial charge in [-0.05, 0) is 35.9 Å². The number of halogens is 1. The largest absolute Gasteiger partial charge is 0.489 e. The van der Waals surface area contributed by atoms with Gasteiger partial charge in [0, 0.05) is 18.2 Å². The zero-order valence-electron chi connectivity index (χ0n) is 16.9. The van der Waals surface area contributed by atoms with Crippen LogP contribution in [0.1, 0.15) is 21.8 Å². The van der Waals surface area contributed by atoms with Crippen molar-refractivity contribution in [3.63, 3.8) is 0 Å². The van der Waals surface area contributed by atoms with E-state index < -0.39 is 0 Å². The summed E-state index contributed by atoms with van der Waals surface area (Å²) in [7, 11) is 1.68. The second-order valence-corrected chi connectivity index (χ2v) is 7.36. The van der Waals surface area contributed by atoms with E-state index in [0.29, 0.717) is 40.2 Å². The molecule has 0 aliphatic heterocycles. The Hall–Kier alpha value is -3.64. The van der Waals surface area contributed by atoms with E-state index in [1.165, 1.54) is 4.90 Å². The molecule has 0 radical (unpaired) electrons. The van der Waals surface area contributed by atoms with Gasteiger partial charge >= 0.3 is 0 Å². The van der Waals surface area contributed by atoms with Gasteiger partial charge in [-0.1, -0.05) is 65.3 Å². The van der Waals surface area contributed by atoms with Crippen molar-refractivity contribution in [1.29, 1.82) is 0 Å². The first kappa shape index (κ1) is 20.6. The van der Waals surface area contributed by atoms with E-state index in [0.717, 1.165) is 5.56 Å². The van der Waals surface area contributed by atoms with Gasteiger partial charge in [0.05, 0.1) is 11.6 Å². The highest BCUT2D eigenvalue weighted by Gasteiger charge is 2.17. The highest BCUT2D eigenvalue weighted by atomic mass is 35.5. The summed E-state index contributed by atoms with van der Waals surface area (Å²) < 4.78 is 11.1. The van der Waals surface area contributed by atoms with E-state index in [1.54, 1.807) is 31.3 Å². The molecule has 1 heterocycles. The van der Waals surface area contributed by atoms with Crippen LogP contribution in [0.15, 0.2) is 83.4 Å². The van der Waals surface area contributed by atoms with E-state index in [9.17, 15) is 4.79 Å². The molecule has 31 heavy (non-hydrogen) atoms. The van der Waals surface area contributed by atoms with Gasteiger partial charge in [0.2, 0.25) is 11.7 Å². The fourth-order valence-corrected chi connectivity index (χ4v) is 3.25. The van der Waals surface area contributed by atoms with Crippen LogP contribution in [0.4, 0.5) is 0 Å². The summed E-state index contributed by atoms with van der Waals surface area (Å²) in [5, 5.41) is 4.51. The molecular weight excluding hydrogens is 414 g/mol. The molecule has 0 N–H and O–H groups in total. The van der Waals surface area contributed by atoms with Gasteiger partial charge < -0.3 is 14.2 Å². The van der Waals surface area contributed by atoms with Crippen molar-refractivity contribution in [2.24, 2.45) is 0 Å². The van der Waals surface area contributed by atoms with Crippen LogP contribution >= 0.6 is 11.6 Å². The maximum atomic E-state index is 12.9. The van der Waals surface area contributed by atoms with E-state index in [1.807, 2.05) is 54.6 Å². The van der Waals surface area contributed by atoms with Crippen LogP contribution in [0.3, 0.4) is 0 Å². The minimum Gasteiger partial charge on any atom is -0.489 e.